The highest BCUT2D eigenvalue weighted by Gasteiger charge is 2.43. The third-order valence-electron chi connectivity index (χ3n) is 5.27. The largest absolute Gasteiger partial charge is 0.467 e. The second-order valence-electron chi connectivity index (χ2n) is 6.85. The van der Waals surface area contributed by atoms with Gasteiger partial charge >= 0.3 is 6.03 Å². The number of ether oxygens (including phenoxy) is 1. The summed E-state index contributed by atoms with van der Waals surface area (Å²) < 4.78 is 10.8. The normalized spacial score (nSPS) is 24.3. The minimum Gasteiger partial charge on any atom is -0.467 e. The molecule has 0 saturated carbocycles. The number of urea groups is 1. The molecular weight excluding hydrogens is 336 g/mol. The summed E-state index contributed by atoms with van der Waals surface area (Å²) >= 11 is 0. The molecule has 0 aliphatic carbocycles. The van der Waals surface area contributed by atoms with Gasteiger partial charge in [0.25, 0.3) is 5.91 Å². The first kappa shape index (κ1) is 17.1. The summed E-state index contributed by atoms with van der Waals surface area (Å²) in [5, 5.41) is 2.86. The maximum absolute atomic E-state index is 13.0. The number of amides is 3. The first-order valence-electron chi connectivity index (χ1n) is 9.05. The first-order chi connectivity index (χ1) is 12.6. The lowest BCUT2D eigenvalue weighted by Crippen LogP contribution is -2.45. The van der Waals surface area contributed by atoms with E-state index in [1.54, 1.807) is 25.4 Å². The number of carbonyl (C=O) groups excluding carboxylic acids is 2. The molecule has 3 aliphatic heterocycles. The molecule has 4 heterocycles. The van der Waals surface area contributed by atoms with Crippen molar-refractivity contribution >= 4 is 11.9 Å². The third-order valence-corrected chi connectivity index (χ3v) is 5.27. The lowest BCUT2D eigenvalue weighted by atomic mass is 10.0. The Bertz CT molecular complexity index is 709. The predicted molar refractivity (Wildman–Crippen MR) is 93.2 cm³/mol. The lowest BCUT2D eigenvalue weighted by Gasteiger charge is -2.29. The molecule has 1 aromatic rings. The topological polar surface area (TPSA) is 78.3 Å². The van der Waals surface area contributed by atoms with E-state index in [1.165, 1.54) is 4.90 Å². The molecule has 0 aromatic carbocycles. The van der Waals surface area contributed by atoms with Gasteiger partial charge < -0.3 is 19.4 Å². The maximum Gasteiger partial charge on any atom is 0.322 e. The monoisotopic (exact) mass is 360 g/mol. The summed E-state index contributed by atoms with van der Waals surface area (Å²) in [7, 11) is 1.70. The van der Waals surface area contributed by atoms with Crippen LogP contribution in [0.5, 0.6) is 0 Å². The Balaban J connectivity index is 1.44. The van der Waals surface area contributed by atoms with Gasteiger partial charge in [-0.3, -0.25) is 14.6 Å². The number of furan rings is 1. The van der Waals surface area contributed by atoms with E-state index in [1.807, 2.05) is 4.90 Å². The van der Waals surface area contributed by atoms with Crippen LogP contribution in [0.4, 0.5) is 4.79 Å². The highest BCUT2D eigenvalue weighted by atomic mass is 16.5. The Hall–Kier alpha value is -2.32. The molecule has 0 spiro atoms. The van der Waals surface area contributed by atoms with Gasteiger partial charge in [-0.15, -0.1) is 0 Å². The zero-order valence-electron chi connectivity index (χ0n) is 14.9. The Morgan fingerprint density at radius 2 is 2.04 bits per heavy atom. The second kappa shape index (κ2) is 7.13. The third kappa shape index (κ3) is 3.10. The smallest absolute Gasteiger partial charge is 0.322 e. The molecule has 1 aromatic heterocycles. The van der Waals surface area contributed by atoms with Crippen molar-refractivity contribution in [2.24, 2.45) is 0 Å². The van der Waals surface area contributed by atoms with E-state index < -0.39 is 6.04 Å². The Morgan fingerprint density at radius 1 is 1.23 bits per heavy atom. The molecule has 26 heavy (non-hydrogen) atoms. The van der Waals surface area contributed by atoms with Crippen LogP contribution < -0.4 is 5.32 Å². The van der Waals surface area contributed by atoms with Gasteiger partial charge in [0.1, 0.15) is 11.8 Å². The summed E-state index contributed by atoms with van der Waals surface area (Å²) in [6, 6.07) is 2.82. The summed E-state index contributed by atoms with van der Waals surface area (Å²) in [4.78, 5) is 31.0. The van der Waals surface area contributed by atoms with E-state index in [4.69, 9.17) is 9.15 Å². The van der Waals surface area contributed by atoms with Crippen molar-refractivity contribution in [1.82, 2.24) is 20.0 Å². The molecular formula is C18H24N4O4. The van der Waals surface area contributed by atoms with Crippen LogP contribution in [0.1, 0.15) is 18.2 Å². The van der Waals surface area contributed by atoms with Crippen molar-refractivity contribution in [3.63, 3.8) is 0 Å². The van der Waals surface area contributed by atoms with Crippen LogP contribution in [0.3, 0.4) is 0 Å². The Labute approximate surface area is 152 Å². The number of nitrogens with one attached hydrogen (secondary N) is 1. The van der Waals surface area contributed by atoms with Crippen LogP contribution in [0.25, 0.3) is 0 Å². The fraction of sp³-hybridized carbons (Fsp3) is 0.556. The number of nitrogens with zero attached hydrogens (tertiary/aromatic N) is 3. The van der Waals surface area contributed by atoms with E-state index in [0.29, 0.717) is 24.4 Å². The van der Waals surface area contributed by atoms with Gasteiger partial charge in [0.2, 0.25) is 0 Å². The van der Waals surface area contributed by atoms with Crippen LogP contribution in [0, 0.1) is 0 Å². The molecule has 140 valence electrons. The first-order valence-corrected chi connectivity index (χ1v) is 9.05. The van der Waals surface area contributed by atoms with Gasteiger partial charge in [-0.2, -0.15) is 0 Å². The molecule has 3 aliphatic rings. The molecule has 0 bridgehead atoms. The minimum absolute atomic E-state index is 0.0183. The van der Waals surface area contributed by atoms with Crippen molar-refractivity contribution in [2.75, 3.05) is 53.0 Å². The van der Waals surface area contributed by atoms with Crippen molar-refractivity contribution < 1.29 is 18.7 Å². The average molecular weight is 360 g/mol. The Kier molecular flexibility index (Phi) is 4.69. The molecule has 1 saturated heterocycles. The quantitative estimate of drug-likeness (QED) is 0.840. The van der Waals surface area contributed by atoms with Crippen molar-refractivity contribution in [2.45, 2.75) is 12.5 Å². The van der Waals surface area contributed by atoms with Crippen molar-refractivity contribution in [3.8, 4) is 0 Å². The highest BCUT2D eigenvalue weighted by Crippen LogP contribution is 2.35. The van der Waals surface area contributed by atoms with Crippen LogP contribution in [0.2, 0.25) is 0 Å². The summed E-state index contributed by atoms with van der Waals surface area (Å²) in [6.07, 6.45) is 2.46. The highest BCUT2D eigenvalue weighted by molar-refractivity contribution is 6.01. The zero-order valence-corrected chi connectivity index (χ0v) is 14.9. The van der Waals surface area contributed by atoms with Crippen LogP contribution in [0.15, 0.2) is 34.1 Å². The Morgan fingerprint density at radius 3 is 2.77 bits per heavy atom. The molecule has 1 fully saturated rings. The van der Waals surface area contributed by atoms with Gasteiger partial charge in [-0.1, -0.05) is 0 Å². The molecule has 4 rings (SSSR count). The fourth-order valence-electron chi connectivity index (χ4n) is 3.78. The molecule has 1 atom stereocenters. The maximum atomic E-state index is 13.0. The number of morpholine rings is 1. The summed E-state index contributed by atoms with van der Waals surface area (Å²) in [6.45, 7) is 5.56. The average Bonchev–Trinajstić information content (AvgIpc) is 3.29. The van der Waals surface area contributed by atoms with Gasteiger partial charge in [-0.05, 0) is 18.6 Å². The summed E-state index contributed by atoms with van der Waals surface area (Å²) in [5.41, 5.74) is 1.39. The van der Waals surface area contributed by atoms with Gasteiger partial charge in [0, 0.05) is 33.2 Å². The van der Waals surface area contributed by atoms with E-state index in [-0.39, 0.29) is 11.9 Å². The van der Waals surface area contributed by atoms with Gasteiger partial charge in [0.15, 0.2) is 0 Å². The number of carbonyl (C=O) groups is 2. The van der Waals surface area contributed by atoms with E-state index in [2.05, 4.69) is 10.2 Å². The van der Waals surface area contributed by atoms with Crippen molar-refractivity contribution in [3.05, 3.63) is 35.4 Å². The van der Waals surface area contributed by atoms with Crippen LogP contribution in [-0.4, -0.2) is 79.6 Å². The van der Waals surface area contributed by atoms with Crippen LogP contribution >= 0.6 is 0 Å². The molecule has 0 unspecified atom stereocenters. The number of hydrogen-bond acceptors (Lipinski definition) is 5. The number of likely N-dealkylation sites (N-methyl/N-ethyl adjacent to an activating group) is 1. The fourth-order valence-corrected chi connectivity index (χ4v) is 3.78. The molecule has 3 amide bonds. The van der Waals surface area contributed by atoms with Crippen molar-refractivity contribution in [1.29, 1.82) is 0 Å². The molecule has 0 radical (unpaired) electrons. The van der Waals surface area contributed by atoms with E-state index in [9.17, 15) is 9.59 Å². The number of rotatable bonds is 5. The predicted octanol–water partition coefficient (Wildman–Crippen LogP) is 0.794. The van der Waals surface area contributed by atoms with E-state index >= 15 is 0 Å². The summed E-state index contributed by atoms with van der Waals surface area (Å²) in [5.74, 6) is 0.567. The van der Waals surface area contributed by atoms with E-state index in [0.717, 1.165) is 45.0 Å². The second-order valence-corrected chi connectivity index (χ2v) is 6.85. The standard InChI is InChI=1S/C18H24N4O4/c1-20-13-12-22(6-3-5-21-7-10-25-11-8-21)17(23)15(13)16(19-18(20)24)14-4-2-9-26-14/h2,4,9,16H,3,5-8,10-12H2,1H3,(H,19,24)/t16-/m1/s1. The van der Waals surface area contributed by atoms with Gasteiger partial charge in [0.05, 0.1) is 37.3 Å². The molecule has 8 heteroatoms. The van der Waals surface area contributed by atoms with Gasteiger partial charge in [-0.25, -0.2) is 4.79 Å². The zero-order chi connectivity index (χ0) is 18.1. The van der Waals surface area contributed by atoms with Crippen LogP contribution in [-0.2, 0) is 9.53 Å². The molecule has 8 nitrogen and oxygen atoms in total. The molecule has 1 N–H and O–H groups in total. The minimum atomic E-state index is -0.513. The lowest BCUT2D eigenvalue weighted by molar-refractivity contribution is -0.126. The SMILES string of the molecule is CN1C(=O)N[C@H](c2ccco2)C2=C1CN(CCCN1CCOCC1)C2=O. The number of hydrogen-bond donors (Lipinski definition) is 1.